The zero-order valence-corrected chi connectivity index (χ0v) is 11.2. The fourth-order valence-corrected chi connectivity index (χ4v) is 2.92. The predicted octanol–water partition coefficient (Wildman–Crippen LogP) is 2.52. The molecule has 20 heavy (non-hydrogen) atoms. The predicted molar refractivity (Wildman–Crippen MR) is 78.1 cm³/mol. The van der Waals surface area contributed by atoms with Crippen molar-refractivity contribution >= 4 is 10.9 Å². The Morgan fingerprint density at radius 2 is 2.25 bits per heavy atom. The van der Waals surface area contributed by atoms with E-state index >= 15 is 0 Å². The molecule has 4 nitrogen and oxygen atoms in total. The molecular weight excluding hydrogens is 248 g/mol. The molecule has 4 rings (SSSR count). The van der Waals surface area contributed by atoms with Crippen molar-refractivity contribution in [3.8, 4) is 0 Å². The Labute approximate surface area is 117 Å². The van der Waals surface area contributed by atoms with Crippen LogP contribution in [0.5, 0.6) is 0 Å². The van der Waals surface area contributed by atoms with Gasteiger partial charge >= 0.3 is 0 Å². The van der Waals surface area contributed by atoms with E-state index in [9.17, 15) is 0 Å². The quantitative estimate of drug-likeness (QED) is 0.773. The summed E-state index contributed by atoms with van der Waals surface area (Å²) in [6.07, 6.45) is 6.60. The van der Waals surface area contributed by atoms with Gasteiger partial charge in [0.25, 0.3) is 0 Å². The Bertz CT molecular complexity index is 747. The number of hydrogen-bond acceptors (Lipinski definition) is 3. The molecule has 0 radical (unpaired) electrons. The fraction of sp³-hybridized carbons (Fsp3) is 0.250. The number of fused-ring (bicyclic) bond motifs is 2. The highest BCUT2D eigenvalue weighted by atomic mass is 15.1. The average molecular weight is 264 g/mol. The SMILES string of the molecule is c1ncc2c(n1)CCN(Cc1ccc3[nH]ccc3c1)C2. The van der Waals surface area contributed by atoms with E-state index < -0.39 is 0 Å². The van der Waals surface area contributed by atoms with Gasteiger partial charge in [-0.05, 0) is 29.1 Å². The van der Waals surface area contributed by atoms with Gasteiger partial charge in [-0.3, -0.25) is 4.90 Å². The van der Waals surface area contributed by atoms with Crippen molar-refractivity contribution < 1.29 is 0 Å². The lowest BCUT2D eigenvalue weighted by molar-refractivity contribution is 0.243. The molecule has 0 aliphatic carbocycles. The lowest BCUT2D eigenvalue weighted by Gasteiger charge is -2.27. The third-order valence-electron chi connectivity index (χ3n) is 3.96. The van der Waals surface area contributed by atoms with E-state index in [1.165, 1.54) is 27.7 Å². The minimum atomic E-state index is 0.946. The van der Waals surface area contributed by atoms with Crippen LogP contribution in [0.15, 0.2) is 43.0 Å². The first kappa shape index (κ1) is 11.6. The maximum Gasteiger partial charge on any atom is 0.115 e. The number of aromatic nitrogens is 3. The molecule has 1 aliphatic heterocycles. The minimum absolute atomic E-state index is 0.946. The van der Waals surface area contributed by atoms with Gasteiger partial charge < -0.3 is 4.98 Å². The lowest BCUT2D eigenvalue weighted by Crippen LogP contribution is -2.30. The summed E-state index contributed by atoms with van der Waals surface area (Å²) in [5, 5.41) is 1.28. The Hall–Kier alpha value is -2.20. The molecule has 3 heterocycles. The fourth-order valence-electron chi connectivity index (χ4n) is 2.92. The van der Waals surface area contributed by atoms with Crippen LogP contribution in [0.3, 0.4) is 0 Å². The Morgan fingerprint density at radius 3 is 3.25 bits per heavy atom. The molecule has 0 atom stereocenters. The van der Waals surface area contributed by atoms with E-state index in [4.69, 9.17) is 0 Å². The number of H-pyrrole nitrogens is 1. The van der Waals surface area contributed by atoms with Gasteiger partial charge in [0, 0.05) is 55.2 Å². The van der Waals surface area contributed by atoms with Crippen molar-refractivity contribution in [3.63, 3.8) is 0 Å². The van der Waals surface area contributed by atoms with Crippen LogP contribution in [0.2, 0.25) is 0 Å². The van der Waals surface area contributed by atoms with Crippen LogP contribution in [0, 0.1) is 0 Å². The van der Waals surface area contributed by atoms with Crippen molar-refractivity contribution in [2.24, 2.45) is 0 Å². The minimum Gasteiger partial charge on any atom is -0.361 e. The lowest BCUT2D eigenvalue weighted by atomic mass is 10.1. The first-order chi connectivity index (χ1) is 9.88. The summed E-state index contributed by atoms with van der Waals surface area (Å²) in [7, 11) is 0. The summed E-state index contributed by atoms with van der Waals surface area (Å²) in [5.74, 6) is 0. The van der Waals surface area contributed by atoms with Crippen LogP contribution in [0.4, 0.5) is 0 Å². The third kappa shape index (κ3) is 2.08. The average Bonchev–Trinajstić information content (AvgIpc) is 2.95. The van der Waals surface area contributed by atoms with Crippen LogP contribution in [-0.2, 0) is 19.5 Å². The molecule has 1 aromatic carbocycles. The Kier molecular flexibility index (Phi) is 2.74. The van der Waals surface area contributed by atoms with Gasteiger partial charge in [-0.2, -0.15) is 0 Å². The topological polar surface area (TPSA) is 44.8 Å². The summed E-state index contributed by atoms with van der Waals surface area (Å²) in [6.45, 7) is 2.99. The summed E-state index contributed by atoms with van der Waals surface area (Å²) >= 11 is 0. The van der Waals surface area contributed by atoms with Gasteiger partial charge in [0.2, 0.25) is 0 Å². The first-order valence-electron chi connectivity index (χ1n) is 6.94. The molecule has 100 valence electrons. The molecule has 0 saturated heterocycles. The molecule has 0 amide bonds. The Morgan fingerprint density at radius 1 is 1.25 bits per heavy atom. The first-order valence-corrected chi connectivity index (χ1v) is 6.94. The number of benzene rings is 1. The number of rotatable bonds is 2. The van der Waals surface area contributed by atoms with Crippen molar-refractivity contribution in [1.29, 1.82) is 0 Å². The maximum absolute atomic E-state index is 4.35. The van der Waals surface area contributed by atoms with Crippen LogP contribution >= 0.6 is 0 Å². The molecule has 0 unspecified atom stereocenters. The van der Waals surface area contributed by atoms with E-state index in [1.54, 1.807) is 6.33 Å². The second-order valence-electron chi connectivity index (χ2n) is 5.35. The summed E-state index contributed by atoms with van der Waals surface area (Å²) in [6, 6.07) is 8.75. The molecule has 1 aliphatic rings. The van der Waals surface area contributed by atoms with Crippen LogP contribution in [0.25, 0.3) is 10.9 Å². The monoisotopic (exact) mass is 264 g/mol. The number of aromatic amines is 1. The zero-order chi connectivity index (χ0) is 13.4. The molecular formula is C16H16N4. The van der Waals surface area contributed by atoms with Crippen molar-refractivity contribution in [3.05, 3.63) is 59.8 Å². The van der Waals surface area contributed by atoms with Gasteiger partial charge in [-0.25, -0.2) is 9.97 Å². The smallest absolute Gasteiger partial charge is 0.115 e. The van der Waals surface area contributed by atoms with E-state index in [-0.39, 0.29) is 0 Å². The van der Waals surface area contributed by atoms with Gasteiger partial charge in [0.15, 0.2) is 0 Å². The number of nitrogens with zero attached hydrogens (tertiary/aromatic N) is 3. The molecule has 0 fully saturated rings. The largest absolute Gasteiger partial charge is 0.361 e. The molecule has 0 saturated carbocycles. The third-order valence-corrected chi connectivity index (χ3v) is 3.96. The summed E-state index contributed by atoms with van der Waals surface area (Å²) < 4.78 is 0. The summed E-state index contributed by atoms with van der Waals surface area (Å²) in [5.41, 5.74) is 5.03. The summed E-state index contributed by atoms with van der Waals surface area (Å²) in [4.78, 5) is 14.2. The van der Waals surface area contributed by atoms with Crippen LogP contribution in [0.1, 0.15) is 16.8 Å². The van der Waals surface area contributed by atoms with E-state index in [0.717, 1.165) is 26.1 Å². The number of nitrogens with one attached hydrogen (secondary N) is 1. The number of hydrogen-bond donors (Lipinski definition) is 1. The maximum atomic E-state index is 4.35. The highest BCUT2D eigenvalue weighted by Gasteiger charge is 2.17. The van der Waals surface area contributed by atoms with Crippen LogP contribution < -0.4 is 0 Å². The molecule has 1 N–H and O–H groups in total. The zero-order valence-electron chi connectivity index (χ0n) is 11.2. The van der Waals surface area contributed by atoms with Gasteiger partial charge in [-0.1, -0.05) is 6.07 Å². The molecule has 0 spiro atoms. The van der Waals surface area contributed by atoms with Gasteiger partial charge in [0.1, 0.15) is 6.33 Å². The Balaban J connectivity index is 1.55. The van der Waals surface area contributed by atoms with Crippen molar-refractivity contribution in [2.45, 2.75) is 19.5 Å². The highest BCUT2D eigenvalue weighted by molar-refractivity contribution is 5.79. The molecule has 2 aromatic heterocycles. The standard InChI is InChI=1S/C16H16N4/c1-2-15-13(3-5-18-15)7-12(1)9-20-6-4-16-14(10-20)8-17-11-19-16/h1-3,5,7-8,11,18H,4,6,9-10H2. The van der Waals surface area contributed by atoms with Gasteiger partial charge in [-0.15, -0.1) is 0 Å². The second kappa shape index (κ2) is 4.72. The van der Waals surface area contributed by atoms with E-state index in [0.29, 0.717) is 0 Å². The molecule has 4 heteroatoms. The van der Waals surface area contributed by atoms with Gasteiger partial charge in [0.05, 0.1) is 0 Å². The van der Waals surface area contributed by atoms with Crippen molar-refractivity contribution in [2.75, 3.05) is 6.54 Å². The second-order valence-corrected chi connectivity index (χ2v) is 5.35. The van der Waals surface area contributed by atoms with E-state index in [1.807, 2.05) is 12.4 Å². The normalized spacial score (nSPS) is 15.4. The van der Waals surface area contributed by atoms with E-state index in [2.05, 4.69) is 44.1 Å². The van der Waals surface area contributed by atoms with Crippen molar-refractivity contribution in [1.82, 2.24) is 19.9 Å². The van der Waals surface area contributed by atoms with Crippen LogP contribution in [-0.4, -0.2) is 26.4 Å². The highest BCUT2D eigenvalue weighted by Crippen LogP contribution is 2.20. The molecule has 0 bridgehead atoms. The molecule has 3 aromatic rings.